The minimum absolute atomic E-state index is 0.0478. The van der Waals surface area contributed by atoms with Gasteiger partial charge in [-0.3, -0.25) is 9.59 Å². The molecule has 1 aromatic rings. The van der Waals surface area contributed by atoms with E-state index in [4.69, 9.17) is 4.74 Å². The maximum absolute atomic E-state index is 13.6. The van der Waals surface area contributed by atoms with E-state index in [2.05, 4.69) is 5.32 Å². The van der Waals surface area contributed by atoms with Gasteiger partial charge in [-0.15, -0.1) is 0 Å². The number of aliphatic hydroxyl groups excluding tert-OH is 3. The van der Waals surface area contributed by atoms with Gasteiger partial charge in [-0.05, 0) is 42.9 Å². The highest BCUT2D eigenvalue weighted by atomic mass is 19.2. The van der Waals surface area contributed by atoms with E-state index in [9.17, 15) is 33.7 Å². The average molecular weight is 499 g/mol. The number of hydrogen-bond donors (Lipinski definition) is 4. The van der Waals surface area contributed by atoms with Gasteiger partial charge in [-0.2, -0.15) is 0 Å². The van der Waals surface area contributed by atoms with Crippen LogP contribution in [0.15, 0.2) is 30.4 Å². The topological polar surface area (TPSA) is 119 Å². The summed E-state index contributed by atoms with van der Waals surface area (Å²) in [7, 11) is 1.17. The Morgan fingerprint density at radius 3 is 2.54 bits per heavy atom. The Kier molecular flexibility index (Phi) is 11.2. The molecule has 0 aromatic heterocycles. The third-order valence-electron chi connectivity index (χ3n) is 6.26. The Labute approximate surface area is 204 Å². The van der Waals surface area contributed by atoms with E-state index >= 15 is 0 Å². The van der Waals surface area contributed by atoms with E-state index in [1.165, 1.54) is 24.2 Å². The molecule has 2 amide bonds. The number of halogens is 2. The maximum Gasteiger partial charge on any atom is 0.252 e. The summed E-state index contributed by atoms with van der Waals surface area (Å²) in [5.74, 6) is -3.04. The fourth-order valence-electron chi connectivity index (χ4n) is 3.84. The zero-order valence-corrected chi connectivity index (χ0v) is 20.4. The number of hydrogen-bond acceptors (Lipinski definition) is 6. The summed E-state index contributed by atoms with van der Waals surface area (Å²) < 4.78 is 31.9. The Balaban J connectivity index is 2.06. The molecule has 1 aromatic carbocycles. The van der Waals surface area contributed by atoms with Crippen molar-refractivity contribution in [2.75, 3.05) is 13.7 Å². The molecular weight excluding hydrogens is 462 g/mol. The highest BCUT2D eigenvalue weighted by molar-refractivity contribution is 5.89. The highest BCUT2D eigenvalue weighted by Crippen LogP contribution is 2.18. The average Bonchev–Trinajstić information content (AvgIpc) is 3.00. The molecule has 8 nitrogen and oxygen atoms in total. The monoisotopic (exact) mass is 498 g/mol. The van der Waals surface area contributed by atoms with Gasteiger partial charge in [0.15, 0.2) is 17.7 Å². The van der Waals surface area contributed by atoms with Crippen molar-refractivity contribution in [1.29, 1.82) is 0 Å². The first-order chi connectivity index (χ1) is 16.6. The first-order valence-electron chi connectivity index (χ1n) is 11.9. The second-order valence-electron chi connectivity index (χ2n) is 8.96. The van der Waals surface area contributed by atoms with E-state index in [1.54, 1.807) is 6.08 Å². The third-order valence-corrected chi connectivity index (χ3v) is 6.26. The molecule has 1 saturated heterocycles. The Bertz CT molecular complexity index is 884. The lowest BCUT2D eigenvalue weighted by Crippen LogP contribution is -2.55. The van der Waals surface area contributed by atoms with Crippen LogP contribution in [-0.2, 0) is 20.9 Å². The minimum Gasteiger partial charge on any atom is -0.387 e. The summed E-state index contributed by atoms with van der Waals surface area (Å²) in [4.78, 5) is 27.4. The summed E-state index contributed by atoms with van der Waals surface area (Å²) in [5, 5.41) is 33.6. The van der Waals surface area contributed by atoms with Crippen LogP contribution in [0, 0.1) is 17.6 Å². The van der Waals surface area contributed by atoms with Crippen LogP contribution >= 0.6 is 0 Å². The van der Waals surface area contributed by atoms with Gasteiger partial charge in [0.25, 0.3) is 5.91 Å². The molecule has 0 saturated carbocycles. The van der Waals surface area contributed by atoms with E-state index in [1.807, 2.05) is 13.8 Å². The Morgan fingerprint density at radius 1 is 1.20 bits per heavy atom. The van der Waals surface area contributed by atoms with Crippen LogP contribution in [0.1, 0.15) is 45.1 Å². The van der Waals surface area contributed by atoms with Gasteiger partial charge >= 0.3 is 0 Å². The molecule has 35 heavy (non-hydrogen) atoms. The van der Waals surface area contributed by atoms with Crippen LogP contribution in [0.2, 0.25) is 0 Å². The molecule has 0 aliphatic carbocycles. The highest BCUT2D eigenvalue weighted by Gasteiger charge is 2.37. The van der Waals surface area contributed by atoms with E-state index in [0.717, 1.165) is 18.6 Å². The van der Waals surface area contributed by atoms with Gasteiger partial charge < -0.3 is 30.3 Å². The van der Waals surface area contributed by atoms with Crippen molar-refractivity contribution in [1.82, 2.24) is 10.2 Å². The third kappa shape index (κ3) is 8.06. The smallest absolute Gasteiger partial charge is 0.252 e. The molecule has 10 heteroatoms. The van der Waals surface area contributed by atoms with Crippen molar-refractivity contribution in [3.63, 3.8) is 0 Å². The SMILES string of the molecule is CCC(C)C=C[C@@H](O)[C@H](O)[C@@H](O)[C@@H](OC)C(=O)N[C@H]1CCCCN(Cc2ccc(F)c(F)c2)C1=O. The Hall–Kier alpha value is -2.40. The fourth-order valence-corrected chi connectivity index (χ4v) is 3.84. The Morgan fingerprint density at radius 2 is 1.91 bits per heavy atom. The summed E-state index contributed by atoms with van der Waals surface area (Å²) in [6.07, 6.45) is -0.883. The number of aliphatic hydroxyl groups is 3. The molecule has 2 rings (SSSR count). The lowest BCUT2D eigenvalue weighted by molar-refractivity contribution is -0.151. The number of benzene rings is 1. The van der Waals surface area contributed by atoms with Crippen LogP contribution in [0.4, 0.5) is 8.78 Å². The van der Waals surface area contributed by atoms with E-state index in [-0.39, 0.29) is 12.5 Å². The van der Waals surface area contributed by atoms with E-state index < -0.39 is 53.9 Å². The molecule has 1 unspecified atom stereocenters. The number of nitrogens with zero attached hydrogens (tertiary/aromatic N) is 1. The standard InChI is InChI=1S/C25H36F2N2O6/c1-4-15(2)8-11-20(30)21(31)22(32)23(35-3)24(33)28-19-7-5-6-12-29(25(19)34)14-16-9-10-17(26)18(27)13-16/h8-11,13,15,19-23,30-32H,4-7,12,14H2,1-3H3,(H,28,33)/t15?,19-,20+,21-,22+,23+/m0/s1. The van der Waals surface area contributed by atoms with Crippen LogP contribution in [0.5, 0.6) is 0 Å². The fraction of sp³-hybridized carbons (Fsp3) is 0.600. The molecule has 1 aliphatic rings. The van der Waals surface area contributed by atoms with E-state index in [0.29, 0.717) is 31.4 Å². The first kappa shape index (κ1) is 28.8. The van der Waals surface area contributed by atoms with Crippen molar-refractivity contribution in [2.24, 2.45) is 5.92 Å². The molecule has 1 heterocycles. The predicted octanol–water partition coefficient (Wildman–Crippen LogP) is 1.66. The molecule has 0 spiro atoms. The maximum atomic E-state index is 13.6. The minimum atomic E-state index is -1.75. The van der Waals surface area contributed by atoms with Crippen molar-refractivity contribution >= 4 is 11.8 Å². The number of amides is 2. The van der Waals surface area contributed by atoms with Crippen molar-refractivity contribution in [3.05, 3.63) is 47.5 Å². The summed E-state index contributed by atoms with van der Waals surface area (Å²) in [6, 6.07) is 2.49. The predicted molar refractivity (Wildman–Crippen MR) is 125 cm³/mol. The molecule has 1 fully saturated rings. The second kappa shape index (κ2) is 13.6. The van der Waals surface area contributed by atoms with Gasteiger partial charge in [-0.1, -0.05) is 38.5 Å². The van der Waals surface area contributed by atoms with Crippen molar-refractivity contribution < 1.29 is 38.4 Å². The zero-order valence-electron chi connectivity index (χ0n) is 20.4. The number of rotatable bonds is 11. The molecule has 0 bridgehead atoms. The van der Waals surface area contributed by atoms with Crippen LogP contribution in [0.3, 0.4) is 0 Å². The van der Waals surface area contributed by atoms with Gasteiger partial charge in [0, 0.05) is 20.2 Å². The summed E-state index contributed by atoms with van der Waals surface area (Å²) in [5.41, 5.74) is 0.414. The molecule has 1 aliphatic heterocycles. The number of ether oxygens (including phenoxy) is 1. The van der Waals surface area contributed by atoms with Gasteiger partial charge in [0.1, 0.15) is 24.4 Å². The lowest BCUT2D eigenvalue weighted by atomic mass is 9.99. The normalized spacial score (nSPS) is 21.3. The van der Waals surface area contributed by atoms with Crippen molar-refractivity contribution in [3.8, 4) is 0 Å². The quantitative estimate of drug-likeness (QED) is 0.345. The molecule has 4 N–H and O–H groups in total. The molecular formula is C25H36F2N2O6. The number of carbonyl (C=O) groups is 2. The van der Waals surface area contributed by atoms with Crippen molar-refractivity contribution in [2.45, 2.75) is 76.5 Å². The van der Waals surface area contributed by atoms with Gasteiger partial charge in [0.2, 0.25) is 5.91 Å². The van der Waals surface area contributed by atoms with Gasteiger partial charge in [0.05, 0.1) is 0 Å². The number of likely N-dealkylation sites (tertiary alicyclic amines) is 1. The number of allylic oxidation sites excluding steroid dienone is 1. The number of carbonyl (C=O) groups excluding carboxylic acids is 2. The number of methoxy groups -OCH3 is 1. The molecule has 6 atom stereocenters. The molecule has 0 radical (unpaired) electrons. The van der Waals surface area contributed by atoms with Gasteiger partial charge in [-0.25, -0.2) is 8.78 Å². The van der Waals surface area contributed by atoms with Crippen LogP contribution < -0.4 is 5.32 Å². The number of nitrogens with one attached hydrogen (secondary N) is 1. The summed E-state index contributed by atoms with van der Waals surface area (Å²) >= 11 is 0. The first-order valence-corrected chi connectivity index (χ1v) is 11.9. The zero-order chi connectivity index (χ0) is 26.1. The summed E-state index contributed by atoms with van der Waals surface area (Å²) in [6.45, 7) is 4.32. The lowest BCUT2D eigenvalue weighted by Gasteiger charge is -2.29. The molecule has 196 valence electrons. The van der Waals surface area contributed by atoms with Crippen LogP contribution in [-0.4, -0.2) is 76.1 Å². The largest absolute Gasteiger partial charge is 0.387 e. The van der Waals surface area contributed by atoms with Crippen LogP contribution in [0.25, 0.3) is 0 Å². The second-order valence-corrected chi connectivity index (χ2v) is 8.96.